The molecule has 1 atom stereocenters. The second-order valence-electron chi connectivity index (χ2n) is 6.48. The molecule has 0 radical (unpaired) electrons. The van der Waals surface area contributed by atoms with Crippen LogP contribution in [0.15, 0.2) is 60.7 Å². The average Bonchev–Trinajstić information content (AvgIpc) is 3.18. The van der Waals surface area contributed by atoms with Gasteiger partial charge in [0.15, 0.2) is 23.1 Å². The first kappa shape index (κ1) is 16.6. The number of anilines is 2. The van der Waals surface area contributed by atoms with E-state index in [9.17, 15) is 13.6 Å². The number of nitrogens with zero attached hydrogens (tertiary/aromatic N) is 1. The van der Waals surface area contributed by atoms with Gasteiger partial charge in [0, 0.05) is 11.8 Å². The van der Waals surface area contributed by atoms with Gasteiger partial charge >= 0.3 is 0 Å². The highest BCUT2D eigenvalue weighted by Crippen LogP contribution is 2.41. The highest BCUT2D eigenvalue weighted by molar-refractivity contribution is 6.12. The molecule has 2 heterocycles. The molecule has 3 aromatic carbocycles. The first-order chi connectivity index (χ1) is 13.6. The number of rotatable bonds is 2. The second kappa shape index (κ2) is 6.23. The van der Waals surface area contributed by atoms with Crippen molar-refractivity contribution >= 4 is 17.3 Å². The zero-order valence-electron chi connectivity index (χ0n) is 14.5. The van der Waals surface area contributed by atoms with Crippen molar-refractivity contribution < 1.29 is 23.0 Å². The van der Waals surface area contributed by atoms with Crippen LogP contribution in [-0.4, -0.2) is 12.7 Å². The summed E-state index contributed by atoms with van der Waals surface area (Å²) in [7, 11) is 0. The number of hydrogen-bond acceptors (Lipinski definition) is 4. The predicted molar refractivity (Wildman–Crippen MR) is 98.5 cm³/mol. The van der Waals surface area contributed by atoms with Crippen LogP contribution >= 0.6 is 0 Å². The van der Waals surface area contributed by atoms with Crippen LogP contribution in [0, 0.1) is 11.6 Å². The molecule has 0 unspecified atom stereocenters. The van der Waals surface area contributed by atoms with Gasteiger partial charge in [0.2, 0.25) is 6.79 Å². The Labute approximate surface area is 159 Å². The number of ether oxygens (including phenoxy) is 2. The van der Waals surface area contributed by atoms with Gasteiger partial charge in [-0.2, -0.15) is 0 Å². The summed E-state index contributed by atoms with van der Waals surface area (Å²) in [4.78, 5) is 14.8. The van der Waals surface area contributed by atoms with Crippen molar-refractivity contribution in [1.29, 1.82) is 0 Å². The third-order valence-corrected chi connectivity index (χ3v) is 4.82. The maximum atomic E-state index is 13.9. The topological polar surface area (TPSA) is 50.8 Å². The fourth-order valence-electron chi connectivity index (χ4n) is 3.47. The van der Waals surface area contributed by atoms with Gasteiger partial charge in [-0.25, -0.2) is 8.78 Å². The minimum atomic E-state index is -0.976. The Bertz CT molecular complexity index is 1100. The Morgan fingerprint density at radius 2 is 1.75 bits per heavy atom. The van der Waals surface area contributed by atoms with Gasteiger partial charge in [-0.1, -0.05) is 18.2 Å². The standard InChI is InChI=1S/C21H14F2N2O3/c22-15-7-5-12(9-16(15)23)20-24-17-4-2-1-3-14(17)21(26)25(20)13-6-8-18-19(10-13)28-11-27-18/h1-10,20,24H,11H2/t20-/m0/s1. The molecule has 2 aliphatic heterocycles. The predicted octanol–water partition coefficient (Wildman–Crippen LogP) is 4.46. The molecule has 2 aliphatic rings. The minimum absolute atomic E-state index is 0.112. The van der Waals surface area contributed by atoms with Gasteiger partial charge in [-0.15, -0.1) is 0 Å². The Balaban J connectivity index is 1.66. The summed E-state index contributed by atoms with van der Waals surface area (Å²) >= 11 is 0. The van der Waals surface area contributed by atoms with E-state index in [4.69, 9.17) is 9.47 Å². The lowest BCUT2D eigenvalue weighted by atomic mass is 10.0. The van der Waals surface area contributed by atoms with Crippen LogP contribution in [0.3, 0.4) is 0 Å². The van der Waals surface area contributed by atoms with Gasteiger partial charge in [-0.3, -0.25) is 9.69 Å². The highest BCUT2D eigenvalue weighted by Gasteiger charge is 2.35. The van der Waals surface area contributed by atoms with E-state index in [1.165, 1.54) is 11.0 Å². The number of carbonyl (C=O) groups excluding carboxylic acids is 1. The molecule has 5 nitrogen and oxygen atoms in total. The number of fused-ring (bicyclic) bond motifs is 2. The largest absolute Gasteiger partial charge is 0.454 e. The Kier molecular flexibility index (Phi) is 3.68. The van der Waals surface area contributed by atoms with Crippen LogP contribution < -0.4 is 19.7 Å². The third-order valence-electron chi connectivity index (χ3n) is 4.82. The summed E-state index contributed by atoms with van der Waals surface area (Å²) in [5, 5.41) is 3.25. The molecule has 0 saturated heterocycles. The van der Waals surface area contributed by atoms with E-state index in [2.05, 4.69) is 5.32 Å². The highest BCUT2D eigenvalue weighted by atomic mass is 19.2. The van der Waals surface area contributed by atoms with Gasteiger partial charge in [0.1, 0.15) is 6.17 Å². The number of nitrogens with one attached hydrogen (secondary N) is 1. The summed E-state index contributed by atoms with van der Waals surface area (Å²) < 4.78 is 38.1. The normalized spacial score (nSPS) is 17.3. The van der Waals surface area contributed by atoms with E-state index in [0.29, 0.717) is 34.0 Å². The Hall–Kier alpha value is -3.61. The van der Waals surface area contributed by atoms with Crippen LogP contribution in [0.1, 0.15) is 22.1 Å². The van der Waals surface area contributed by atoms with E-state index in [0.717, 1.165) is 12.1 Å². The van der Waals surface area contributed by atoms with E-state index < -0.39 is 17.8 Å². The molecule has 0 fully saturated rings. The number of amides is 1. The molecule has 3 aromatic rings. The van der Waals surface area contributed by atoms with Gasteiger partial charge in [-0.05, 0) is 42.0 Å². The van der Waals surface area contributed by atoms with E-state index in [-0.39, 0.29) is 12.7 Å². The van der Waals surface area contributed by atoms with Crippen LogP contribution in [0.25, 0.3) is 0 Å². The zero-order chi connectivity index (χ0) is 19.3. The Morgan fingerprint density at radius 3 is 2.61 bits per heavy atom. The monoisotopic (exact) mass is 380 g/mol. The summed E-state index contributed by atoms with van der Waals surface area (Å²) in [5.41, 5.74) is 2.07. The number of carbonyl (C=O) groups is 1. The minimum Gasteiger partial charge on any atom is -0.454 e. The number of halogens is 2. The number of benzene rings is 3. The lowest BCUT2D eigenvalue weighted by Crippen LogP contribution is -2.43. The van der Waals surface area contributed by atoms with Crippen molar-refractivity contribution in [1.82, 2.24) is 0 Å². The Morgan fingerprint density at radius 1 is 0.929 bits per heavy atom. The van der Waals surface area contributed by atoms with Crippen molar-refractivity contribution in [3.63, 3.8) is 0 Å². The summed E-state index contributed by atoms with van der Waals surface area (Å²) in [6.07, 6.45) is -0.724. The summed E-state index contributed by atoms with van der Waals surface area (Å²) in [5.74, 6) is -1.07. The van der Waals surface area contributed by atoms with Crippen molar-refractivity contribution in [3.05, 3.63) is 83.4 Å². The van der Waals surface area contributed by atoms with Gasteiger partial charge < -0.3 is 14.8 Å². The second-order valence-corrected chi connectivity index (χ2v) is 6.48. The molecule has 1 amide bonds. The van der Waals surface area contributed by atoms with Crippen LogP contribution in [0.4, 0.5) is 20.2 Å². The van der Waals surface area contributed by atoms with Crippen molar-refractivity contribution in [2.45, 2.75) is 6.17 Å². The quantitative estimate of drug-likeness (QED) is 0.713. The molecule has 0 saturated carbocycles. The third kappa shape index (κ3) is 2.55. The smallest absolute Gasteiger partial charge is 0.262 e. The molecule has 140 valence electrons. The molecule has 7 heteroatoms. The molecule has 1 N–H and O–H groups in total. The molecule has 28 heavy (non-hydrogen) atoms. The van der Waals surface area contributed by atoms with Crippen molar-refractivity contribution in [2.75, 3.05) is 17.0 Å². The zero-order valence-corrected chi connectivity index (χ0v) is 14.5. The molecule has 0 spiro atoms. The van der Waals surface area contributed by atoms with Crippen molar-refractivity contribution in [3.8, 4) is 11.5 Å². The van der Waals surface area contributed by atoms with Gasteiger partial charge in [0.25, 0.3) is 5.91 Å². The first-order valence-corrected chi connectivity index (χ1v) is 8.65. The van der Waals surface area contributed by atoms with Crippen LogP contribution in [0.5, 0.6) is 11.5 Å². The SMILES string of the molecule is O=C1c2ccccc2N[C@H](c2ccc(F)c(F)c2)N1c1ccc2c(c1)OCO2. The lowest BCUT2D eigenvalue weighted by Gasteiger charge is -2.38. The number of para-hydroxylation sites is 1. The lowest BCUT2D eigenvalue weighted by molar-refractivity contribution is 0.0975. The molecule has 5 rings (SSSR count). The fourth-order valence-corrected chi connectivity index (χ4v) is 3.47. The van der Waals surface area contributed by atoms with E-state index >= 15 is 0 Å². The summed E-state index contributed by atoms with van der Waals surface area (Å²) in [6.45, 7) is 0.112. The van der Waals surface area contributed by atoms with E-state index in [1.807, 2.05) is 0 Å². The fraction of sp³-hybridized carbons (Fsp3) is 0.0952. The molecule has 0 aliphatic carbocycles. The maximum absolute atomic E-state index is 13.9. The maximum Gasteiger partial charge on any atom is 0.262 e. The van der Waals surface area contributed by atoms with Crippen LogP contribution in [-0.2, 0) is 0 Å². The molecular weight excluding hydrogens is 366 g/mol. The molecular formula is C21H14F2N2O3. The van der Waals surface area contributed by atoms with E-state index in [1.54, 1.807) is 42.5 Å². The number of hydrogen-bond donors (Lipinski definition) is 1. The average molecular weight is 380 g/mol. The van der Waals surface area contributed by atoms with Gasteiger partial charge in [0.05, 0.1) is 11.3 Å². The molecule has 0 aromatic heterocycles. The first-order valence-electron chi connectivity index (χ1n) is 8.65. The molecule has 0 bridgehead atoms. The van der Waals surface area contributed by atoms with Crippen molar-refractivity contribution in [2.24, 2.45) is 0 Å². The summed E-state index contributed by atoms with van der Waals surface area (Å²) in [6, 6.07) is 15.8. The van der Waals surface area contributed by atoms with Crippen LogP contribution in [0.2, 0.25) is 0 Å².